The summed E-state index contributed by atoms with van der Waals surface area (Å²) in [5, 5.41) is 8.66. The normalized spacial score (nSPS) is 33.5. The van der Waals surface area contributed by atoms with Crippen LogP contribution in [0.1, 0.15) is 6.42 Å². The maximum atomic E-state index is 12.0. The van der Waals surface area contributed by atoms with E-state index in [-0.39, 0.29) is 6.42 Å². The smallest absolute Gasteiger partial charge is 0.405 e. The van der Waals surface area contributed by atoms with Crippen LogP contribution in [0.25, 0.3) is 0 Å². The number of hydrogen-bond donors (Lipinski definition) is 2. The van der Waals surface area contributed by atoms with Gasteiger partial charge in [-0.25, -0.2) is 13.6 Å². The Morgan fingerprint density at radius 1 is 1.83 bits per heavy atom. The highest BCUT2D eigenvalue weighted by atomic mass is 19.3. The molecule has 12 heavy (non-hydrogen) atoms. The van der Waals surface area contributed by atoms with Crippen molar-refractivity contribution in [2.24, 2.45) is 11.7 Å². The molecule has 0 aromatic carbocycles. The standard InChI is InChI=1S/C6H9F2NO3/c7-4(8)3-1-6(3,2-10)12-5(9)11/h3-4,10H,1-2H2,(H2,9,11). The zero-order valence-corrected chi connectivity index (χ0v) is 6.17. The van der Waals surface area contributed by atoms with Crippen LogP contribution in [0.3, 0.4) is 0 Å². The third-order valence-corrected chi connectivity index (χ3v) is 1.96. The van der Waals surface area contributed by atoms with E-state index in [2.05, 4.69) is 10.5 Å². The Balaban J connectivity index is 2.53. The molecule has 0 saturated heterocycles. The Hall–Kier alpha value is -0.910. The van der Waals surface area contributed by atoms with Crippen LogP contribution in [0, 0.1) is 5.92 Å². The Morgan fingerprint density at radius 2 is 2.42 bits per heavy atom. The summed E-state index contributed by atoms with van der Waals surface area (Å²) >= 11 is 0. The number of amides is 1. The number of nitrogens with two attached hydrogens (primary N) is 1. The minimum atomic E-state index is -2.59. The van der Waals surface area contributed by atoms with Crippen LogP contribution in [0.2, 0.25) is 0 Å². The summed E-state index contributed by atoms with van der Waals surface area (Å²) in [5.41, 5.74) is 3.22. The van der Waals surface area contributed by atoms with E-state index in [0.29, 0.717) is 0 Å². The van der Waals surface area contributed by atoms with E-state index in [1.54, 1.807) is 0 Å². The number of aliphatic hydroxyl groups excluding tert-OH is 1. The second kappa shape index (κ2) is 2.85. The first-order valence-corrected chi connectivity index (χ1v) is 3.39. The van der Waals surface area contributed by atoms with Crippen molar-refractivity contribution in [2.45, 2.75) is 18.4 Å². The molecule has 1 aliphatic rings. The zero-order chi connectivity index (χ0) is 9.35. The molecule has 4 nitrogen and oxygen atoms in total. The van der Waals surface area contributed by atoms with Gasteiger partial charge in [-0.05, 0) is 0 Å². The summed E-state index contributed by atoms with van der Waals surface area (Å²) in [4.78, 5) is 10.2. The number of rotatable bonds is 3. The molecule has 0 bridgehead atoms. The maximum absolute atomic E-state index is 12.0. The molecule has 1 amide bonds. The third-order valence-electron chi connectivity index (χ3n) is 1.96. The number of carbonyl (C=O) groups excluding carboxylic acids is 1. The fourth-order valence-corrected chi connectivity index (χ4v) is 1.16. The van der Waals surface area contributed by atoms with Gasteiger partial charge in [0, 0.05) is 6.42 Å². The first-order valence-electron chi connectivity index (χ1n) is 3.39. The van der Waals surface area contributed by atoms with Crippen molar-refractivity contribution in [3.8, 4) is 0 Å². The number of aliphatic hydroxyl groups is 1. The fraction of sp³-hybridized carbons (Fsp3) is 0.833. The van der Waals surface area contributed by atoms with E-state index in [4.69, 9.17) is 5.11 Å². The molecule has 0 aliphatic heterocycles. The molecule has 1 rings (SSSR count). The minimum absolute atomic E-state index is 0.0237. The lowest BCUT2D eigenvalue weighted by Gasteiger charge is -2.13. The molecule has 2 atom stereocenters. The lowest BCUT2D eigenvalue weighted by molar-refractivity contribution is 0.00495. The molecule has 0 aromatic rings. The second-order valence-electron chi connectivity index (χ2n) is 2.79. The molecule has 0 spiro atoms. The quantitative estimate of drug-likeness (QED) is 0.648. The first kappa shape index (κ1) is 9.18. The van der Waals surface area contributed by atoms with Crippen LogP contribution in [-0.4, -0.2) is 29.8 Å². The van der Waals surface area contributed by atoms with Gasteiger partial charge in [0.15, 0.2) is 0 Å². The number of carbonyl (C=O) groups is 1. The van der Waals surface area contributed by atoms with E-state index < -0.39 is 30.6 Å². The average molecular weight is 181 g/mol. The number of hydrogen-bond acceptors (Lipinski definition) is 3. The number of halogens is 2. The lowest BCUT2D eigenvalue weighted by atomic mass is 10.3. The SMILES string of the molecule is NC(=O)OC1(CO)CC1C(F)F. The lowest BCUT2D eigenvalue weighted by Crippen LogP contribution is -2.30. The van der Waals surface area contributed by atoms with E-state index in [0.717, 1.165) is 0 Å². The summed E-state index contributed by atoms with van der Waals surface area (Å²) in [7, 11) is 0. The number of ether oxygens (including phenoxy) is 1. The van der Waals surface area contributed by atoms with Crippen LogP contribution in [0.4, 0.5) is 13.6 Å². The Labute approximate surface area is 67.3 Å². The van der Waals surface area contributed by atoms with Crippen molar-refractivity contribution in [1.82, 2.24) is 0 Å². The predicted octanol–water partition coefficient (Wildman–Crippen LogP) is 0.0978. The van der Waals surface area contributed by atoms with Crippen LogP contribution in [0.15, 0.2) is 0 Å². The van der Waals surface area contributed by atoms with Gasteiger partial charge in [-0.3, -0.25) is 0 Å². The van der Waals surface area contributed by atoms with Crippen molar-refractivity contribution < 1.29 is 23.4 Å². The van der Waals surface area contributed by atoms with E-state index in [1.807, 2.05) is 0 Å². The molecular weight excluding hydrogens is 172 g/mol. The van der Waals surface area contributed by atoms with Crippen molar-refractivity contribution in [3.05, 3.63) is 0 Å². The number of alkyl halides is 2. The summed E-state index contributed by atoms with van der Waals surface area (Å²) in [5.74, 6) is -1.07. The van der Waals surface area contributed by atoms with Gasteiger partial charge in [-0.2, -0.15) is 0 Å². The van der Waals surface area contributed by atoms with Gasteiger partial charge in [0.25, 0.3) is 0 Å². The molecule has 3 N–H and O–H groups in total. The van der Waals surface area contributed by atoms with Gasteiger partial charge in [-0.15, -0.1) is 0 Å². The topological polar surface area (TPSA) is 72.6 Å². The van der Waals surface area contributed by atoms with Gasteiger partial charge in [0.1, 0.15) is 5.60 Å². The first-order chi connectivity index (χ1) is 5.52. The van der Waals surface area contributed by atoms with Gasteiger partial charge < -0.3 is 15.6 Å². The summed E-state index contributed by atoms with van der Waals surface area (Å²) in [6.45, 7) is -0.606. The molecule has 0 aromatic heterocycles. The molecule has 6 heteroatoms. The number of primary amides is 1. The van der Waals surface area contributed by atoms with Crippen molar-refractivity contribution in [3.63, 3.8) is 0 Å². The maximum Gasteiger partial charge on any atom is 0.405 e. The Bertz CT molecular complexity index is 199. The molecule has 1 saturated carbocycles. The van der Waals surface area contributed by atoms with Crippen molar-refractivity contribution in [1.29, 1.82) is 0 Å². The molecule has 0 radical (unpaired) electrons. The van der Waals surface area contributed by atoms with Crippen LogP contribution >= 0.6 is 0 Å². The molecule has 0 heterocycles. The van der Waals surface area contributed by atoms with Crippen LogP contribution in [0.5, 0.6) is 0 Å². The van der Waals surface area contributed by atoms with E-state index in [9.17, 15) is 13.6 Å². The molecule has 1 fully saturated rings. The molecular formula is C6H9F2NO3. The van der Waals surface area contributed by atoms with Crippen molar-refractivity contribution in [2.75, 3.05) is 6.61 Å². The Morgan fingerprint density at radius 3 is 2.67 bits per heavy atom. The fourth-order valence-electron chi connectivity index (χ4n) is 1.16. The monoisotopic (exact) mass is 181 g/mol. The third kappa shape index (κ3) is 1.47. The van der Waals surface area contributed by atoms with Gasteiger partial charge >= 0.3 is 6.09 Å². The highest BCUT2D eigenvalue weighted by Crippen LogP contribution is 2.50. The summed E-state index contributed by atoms with van der Waals surface area (Å²) in [6, 6.07) is 0. The minimum Gasteiger partial charge on any atom is -0.440 e. The summed E-state index contributed by atoms with van der Waals surface area (Å²) in [6.07, 6.45) is -3.74. The second-order valence-corrected chi connectivity index (χ2v) is 2.79. The highest BCUT2D eigenvalue weighted by Gasteiger charge is 2.62. The van der Waals surface area contributed by atoms with Crippen LogP contribution < -0.4 is 5.73 Å². The average Bonchev–Trinajstić information content (AvgIpc) is 2.63. The predicted molar refractivity (Wildman–Crippen MR) is 34.6 cm³/mol. The zero-order valence-electron chi connectivity index (χ0n) is 6.17. The van der Waals surface area contributed by atoms with Gasteiger partial charge in [0.05, 0.1) is 12.5 Å². The highest BCUT2D eigenvalue weighted by molar-refractivity contribution is 5.65. The summed E-state index contributed by atoms with van der Waals surface area (Å²) < 4.78 is 28.4. The van der Waals surface area contributed by atoms with Gasteiger partial charge in [0.2, 0.25) is 6.43 Å². The molecule has 70 valence electrons. The van der Waals surface area contributed by atoms with Crippen molar-refractivity contribution >= 4 is 6.09 Å². The van der Waals surface area contributed by atoms with Crippen LogP contribution in [-0.2, 0) is 4.74 Å². The van der Waals surface area contributed by atoms with E-state index >= 15 is 0 Å². The molecule has 1 aliphatic carbocycles. The molecule has 2 unspecified atom stereocenters. The Kier molecular flexibility index (Phi) is 2.18. The van der Waals surface area contributed by atoms with Gasteiger partial charge in [-0.1, -0.05) is 0 Å². The van der Waals surface area contributed by atoms with E-state index in [1.165, 1.54) is 0 Å². The largest absolute Gasteiger partial charge is 0.440 e.